The predicted octanol–water partition coefficient (Wildman–Crippen LogP) is 3.51. The van der Waals surface area contributed by atoms with Crippen LogP contribution in [0.3, 0.4) is 0 Å². The molecule has 0 saturated carbocycles. The van der Waals surface area contributed by atoms with Gasteiger partial charge in [-0.25, -0.2) is 0 Å². The first-order chi connectivity index (χ1) is 7.19. The molecule has 2 nitrogen and oxygen atoms in total. The molecule has 0 aromatic carbocycles. The molecule has 90 valence electrons. The number of carbonyl (C=O) groups is 1. The standard InChI is InChI=1S/C13H27NO/c1-5-9-10-11(6-2)13(15)14-12(7-3)8-4/h11-12H,5-10H2,1-4H3,(H,14,15)/t11-/m1/s1. The second-order valence-corrected chi connectivity index (χ2v) is 4.27. The van der Waals surface area contributed by atoms with Crippen molar-refractivity contribution in [3.8, 4) is 0 Å². The first-order valence-electron chi connectivity index (χ1n) is 6.49. The zero-order valence-electron chi connectivity index (χ0n) is 10.8. The Kier molecular flexibility index (Phi) is 8.44. The highest BCUT2D eigenvalue weighted by Gasteiger charge is 2.17. The molecule has 0 saturated heterocycles. The summed E-state index contributed by atoms with van der Waals surface area (Å²) in [7, 11) is 0. The highest BCUT2D eigenvalue weighted by atomic mass is 16.1. The first-order valence-corrected chi connectivity index (χ1v) is 6.49. The monoisotopic (exact) mass is 213 g/mol. The van der Waals surface area contributed by atoms with E-state index in [0.717, 1.165) is 32.1 Å². The van der Waals surface area contributed by atoms with Crippen LogP contribution in [0.25, 0.3) is 0 Å². The topological polar surface area (TPSA) is 29.1 Å². The van der Waals surface area contributed by atoms with Crippen molar-refractivity contribution in [1.29, 1.82) is 0 Å². The second kappa shape index (κ2) is 8.75. The maximum absolute atomic E-state index is 11.9. The molecule has 0 bridgehead atoms. The Bertz CT molecular complexity index is 164. The Labute approximate surface area is 94.8 Å². The normalized spacial score (nSPS) is 12.9. The minimum absolute atomic E-state index is 0.227. The highest BCUT2D eigenvalue weighted by molar-refractivity contribution is 5.78. The van der Waals surface area contributed by atoms with E-state index in [1.807, 2.05) is 0 Å². The fourth-order valence-electron chi connectivity index (χ4n) is 1.78. The van der Waals surface area contributed by atoms with Crippen molar-refractivity contribution in [3.05, 3.63) is 0 Å². The molecule has 2 heteroatoms. The third kappa shape index (κ3) is 5.81. The van der Waals surface area contributed by atoms with Crippen LogP contribution < -0.4 is 5.32 Å². The number of rotatable bonds is 8. The van der Waals surface area contributed by atoms with E-state index in [1.54, 1.807) is 0 Å². The lowest BCUT2D eigenvalue weighted by atomic mass is 9.97. The van der Waals surface area contributed by atoms with Crippen molar-refractivity contribution in [2.45, 2.75) is 72.3 Å². The van der Waals surface area contributed by atoms with Crippen LogP contribution >= 0.6 is 0 Å². The van der Waals surface area contributed by atoms with Crippen molar-refractivity contribution in [2.75, 3.05) is 0 Å². The molecule has 0 heterocycles. The summed E-state index contributed by atoms with van der Waals surface area (Å²) in [5.74, 6) is 0.491. The molecule has 1 atom stereocenters. The molecule has 0 spiro atoms. The summed E-state index contributed by atoms with van der Waals surface area (Å²) >= 11 is 0. The predicted molar refractivity (Wildman–Crippen MR) is 65.8 cm³/mol. The van der Waals surface area contributed by atoms with Crippen molar-refractivity contribution in [1.82, 2.24) is 5.32 Å². The number of nitrogens with one attached hydrogen (secondary N) is 1. The van der Waals surface area contributed by atoms with Crippen molar-refractivity contribution < 1.29 is 4.79 Å². The van der Waals surface area contributed by atoms with Gasteiger partial charge in [0.05, 0.1) is 0 Å². The molecule has 0 radical (unpaired) electrons. The summed E-state index contributed by atoms with van der Waals surface area (Å²) < 4.78 is 0. The van der Waals surface area contributed by atoms with Crippen LogP contribution in [0.2, 0.25) is 0 Å². The second-order valence-electron chi connectivity index (χ2n) is 4.27. The SMILES string of the molecule is CCCC[C@@H](CC)C(=O)NC(CC)CC. The van der Waals surface area contributed by atoms with Gasteiger partial charge in [-0.15, -0.1) is 0 Å². The lowest BCUT2D eigenvalue weighted by Gasteiger charge is -2.19. The van der Waals surface area contributed by atoms with E-state index < -0.39 is 0 Å². The van der Waals surface area contributed by atoms with Gasteiger partial charge >= 0.3 is 0 Å². The number of hydrogen-bond acceptors (Lipinski definition) is 1. The maximum Gasteiger partial charge on any atom is 0.223 e. The number of unbranched alkanes of at least 4 members (excludes halogenated alkanes) is 1. The minimum Gasteiger partial charge on any atom is -0.353 e. The molecule has 1 N–H and O–H groups in total. The molecule has 0 unspecified atom stereocenters. The van der Waals surface area contributed by atoms with Crippen LogP contribution in [0.4, 0.5) is 0 Å². The number of hydrogen-bond donors (Lipinski definition) is 1. The average Bonchev–Trinajstić information content (AvgIpc) is 2.26. The zero-order chi connectivity index (χ0) is 11.7. The largest absolute Gasteiger partial charge is 0.353 e. The van der Waals surface area contributed by atoms with Gasteiger partial charge in [-0.1, -0.05) is 40.5 Å². The van der Waals surface area contributed by atoms with E-state index in [1.165, 1.54) is 6.42 Å². The number of amides is 1. The van der Waals surface area contributed by atoms with Gasteiger partial charge in [0.15, 0.2) is 0 Å². The Morgan fingerprint density at radius 2 is 1.67 bits per heavy atom. The van der Waals surface area contributed by atoms with E-state index in [4.69, 9.17) is 0 Å². The maximum atomic E-state index is 11.9. The third-order valence-corrected chi connectivity index (χ3v) is 3.10. The Balaban J connectivity index is 4.02. The molecule has 0 fully saturated rings. The lowest BCUT2D eigenvalue weighted by Crippen LogP contribution is -2.38. The van der Waals surface area contributed by atoms with E-state index in [-0.39, 0.29) is 11.8 Å². The molecule has 0 rings (SSSR count). The van der Waals surface area contributed by atoms with Gasteiger partial charge in [-0.2, -0.15) is 0 Å². The smallest absolute Gasteiger partial charge is 0.223 e. The van der Waals surface area contributed by atoms with Crippen molar-refractivity contribution >= 4 is 5.91 Å². The molecule has 0 aliphatic carbocycles. The molecular weight excluding hydrogens is 186 g/mol. The molecule has 0 aliphatic heterocycles. The summed E-state index contributed by atoms with van der Waals surface area (Å²) in [6.07, 6.45) is 6.41. The van der Waals surface area contributed by atoms with Gasteiger partial charge in [-0.3, -0.25) is 4.79 Å². The molecule has 0 aromatic heterocycles. The Morgan fingerprint density at radius 1 is 1.07 bits per heavy atom. The van der Waals surface area contributed by atoms with Crippen LogP contribution in [0.5, 0.6) is 0 Å². The third-order valence-electron chi connectivity index (χ3n) is 3.10. The summed E-state index contributed by atoms with van der Waals surface area (Å²) in [6.45, 7) is 8.53. The van der Waals surface area contributed by atoms with Gasteiger partial charge in [-0.05, 0) is 25.7 Å². The van der Waals surface area contributed by atoms with E-state index in [2.05, 4.69) is 33.0 Å². The van der Waals surface area contributed by atoms with E-state index >= 15 is 0 Å². The average molecular weight is 213 g/mol. The van der Waals surface area contributed by atoms with Crippen LogP contribution in [0, 0.1) is 5.92 Å². The Hall–Kier alpha value is -0.530. The van der Waals surface area contributed by atoms with Crippen LogP contribution in [-0.2, 0) is 4.79 Å². The van der Waals surface area contributed by atoms with Crippen molar-refractivity contribution in [2.24, 2.45) is 5.92 Å². The van der Waals surface area contributed by atoms with Gasteiger partial charge in [0, 0.05) is 12.0 Å². The minimum atomic E-state index is 0.227. The quantitative estimate of drug-likeness (QED) is 0.657. The highest BCUT2D eigenvalue weighted by Crippen LogP contribution is 2.13. The molecule has 1 amide bonds. The number of carbonyl (C=O) groups excluding carboxylic acids is 1. The summed E-state index contributed by atoms with van der Waals surface area (Å²) in [4.78, 5) is 11.9. The summed E-state index contributed by atoms with van der Waals surface area (Å²) in [6, 6.07) is 0.369. The van der Waals surface area contributed by atoms with E-state index in [0.29, 0.717) is 6.04 Å². The van der Waals surface area contributed by atoms with Gasteiger partial charge in [0.2, 0.25) is 5.91 Å². The molecule has 15 heavy (non-hydrogen) atoms. The molecule has 0 aliphatic rings. The van der Waals surface area contributed by atoms with Crippen LogP contribution in [0.1, 0.15) is 66.2 Å². The van der Waals surface area contributed by atoms with Gasteiger partial charge in [0.1, 0.15) is 0 Å². The molecular formula is C13H27NO. The first kappa shape index (κ1) is 14.5. The Morgan fingerprint density at radius 3 is 2.07 bits per heavy atom. The summed E-state index contributed by atoms with van der Waals surface area (Å²) in [5.41, 5.74) is 0. The van der Waals surface area contributed by atoms with Gasteiger partial charge in [0.25, 0.3) is 0 Å². The molecule has 0 aromatic rings. The van der Waals surface area contributed by atoms with Crippen LogP contribution in [-0.4, -0.2) is 11.9 Å². The zero-order valence-corrected chi connectivity index (χ0v) is 10.8. The summed E-state index contributed by atoms with van der Waals surface area (Å²) in [5, 5.41) is 3.14. The van der Waals surface area contributed by atoms with Crippen molar-refractivity contribution in [3.63, 3.8) is 0 Å². The van der Waals surface area contributed by atoms with Gasteiger partial charge < -0.3 is 5.32 Å². The lowest BCUT2D eigenvalue weighted by molar-refractivity contribution is -0.126. The van der Waals surface area contributed by atoms with E-state index in [9.17, 15) is 4.79 Å². The van der Waals surface area contributed by atoms with Crippen LogP contribution in [0.15, 0.2) is 0 Å². The fraction of sp³-hybridized carbons (Fsp3) is 0.923. The fourth-order valence-corrected chi connectivity index (χ4v) is 1.78.